The molecule has 0 bridgehead atoms. The summed E-state index contributed by atoms with van der Waals surface area (Å²) >= 11 is 5.79. The molecule has 0 fully saturated rings. The summed E-state index contributed by atoms with van der Waals surface area (Å²) < 4.78 is 29.5. The van der Waals surface area contributed by atoms with Crippen LogP contribution in [0, 0.1) is 0 Å². The van der Waals surface area contributed by atoms with E-state index < -0.39 is 9.84 Å². The van der Waals surface area contributed by atoms with Crippen molar-refractivity contribution in [1.29, 1.82) is 0 Å². The summed E-state index contributed by atoms with van der Waals surface area (Å²) in [5.74, 6) is 0.0989. The molecular weight excluding hydrogens is 298 g/mol. The third kappa shape index (κ3) is 6.70. The zero-order valence-corrected chi connectivity index (χ0v) is 13.5. The largest absolute Gasteiger partial charge is 0.383 e. The molecule has 0 radical (unpaired) electrons. The number of nitrogens with one attached hydrogen (secondary N) is 1. The van der Waals surface area contributed by atoms with Gasteiger partial charge in [0.15, 0.2) is 9.84 Å². The average molecular weight is 320 g/mol. The maximum Gasteiger partial charge on any atom is 0.156 e. The van der Waals surface area contributed by atoms with Crippen molar-refractivity contribution in [3.05, 3.63) is 34.9 Å². The van der Waals surface area contributed by atoms with Crippen molar-refractivity contribution >= 4 is 21.4 Å². The zero-order valence-electron chi connectivity index (χ0n) is 11.9. The molecule has 0 aliphatic carbocycles. The molecule has 6 heteroatoms. The molecular formula is C14H22ClNO3S. The standard InChI is InChI=1S/C14H22ClNO3S/c1-3-8-16-14(9-19-2)11-20(17,18)10-12-4-6-13(15)7-5-12/h4-7,14,16H,3,8-11H2,1-2H3. The third-order valence-corrected chi connectivity index (χ3v) is 4.74. The third-order valence-electron chi connectivity index (χ3n) is 2.81. The molecule has 1 unspecified atom stereocenters. The Labute approximate surface area is 126 Å². The van der Waals surface area contributed by atoms with E-state index in [4.69, 9.17) is 16.3 Å². The molecule has 0 heterocycles. The fourth-order valence-electron chi connectivity index (χ4n) is 1.92. The van der Waals surface area contributed by atoms with Crippen molar-refractivity contribution in [2.24, 2.45) is 0 Å². The Balaban J connectivity index is 2.64. The van der Waals surface area contributed by atoms with Crippen LogP contribution < -0.4 is 5.32 Å². The van der Waals surface area contributed by atoms with Gasteiger partial charge in [-0.25, -0.2) is 8.42 Å². The van der Waals surface area contributed by atoms with Gasteiger partial charge in [0.05, 0.1) is 18.1 Å². The highest BCUT2D eigenvalue weighted by Crippen LogP contribution is 2.13. The molecule has 1 N–H and O–H groups in total. The van der Waals surface area contributed by atoms with Crippen molar-refractivity contribution < 1.29 is 13.2 Å². The van der Waals surface area contributed by atoms with Gasteiger partial charge in [-0.1, -0.05) is 30.7 Å². The molecule has 1 aromatic rings. The first-order chi connectivity index (χ1) is 9.46. The first-order valence-corrected chi connectivity index (χ1v) is 8.84. The van der Waals surface area contributed by atoms with Crippen LogP contribution in [0.4, 0.5) is 0 Å². The van der Waals surface area contributed by atoms with Crippen molar-refractivity contribution in [2.45, 2.75) is 25.1 Å². The molecule has 20 heavy (non-hydrogen) atoms. The van der Waals surface area contributed by atoms with E-state index in [1.165, 1.54) is 0 Å². The minimum Gasteiger partial charge on any atom is -0.383 e. The van der Waals surface area contributed by atoms with E-state index in [1.54, 1.807) is 31.4 Å². The molecule has 0 aliphatic rings. The zero-order chi connectivity index (χ0) is 15.0. The maximum absolute atomic E-state index is 12.2. The van der Waals surface area contributed by atoms with E-state index in [9.17, 15) is 8.42 Å². The Hall–Kier alpha value is -0.620. The van der Waals surface area contributed by atoms with Gasteiger partial charge in [0, 0.05) is 18.2 Å². The molecule has 4 nitrogen and oxygen atoms in total. The van der Waals surface area contributed by atoms with Gasteiger partial charge in [-0.15, -0.1) is 0 Å². The number of rotatable bonds is 9. The maximum atomic E-state index is 12.2. The van der Waals surface area contributed by atoms with Crippen LogP contribution in [0.15, 0.2) is 24.3 Å². The highest BCUT2D eigenvalue weighted by Gasteiger charge is 2.19. The van der Waals surface area contributed by atoms with E-state index in [0.29, 0.717) is 11.6 Å². The summed E-state index contributed by atoms with van der Waals surface area (Å²) in [5.41, 5.74) is 0.751. The van der Waals surface area contributed by atoms with Gasteiger partial charge in [0.2, 0.25) is 0 Å². The molecule has 1 rings (SSSR count). The van der Waals surface area contributed by atoms with E-state index >= 15 is 0 Å². The van der Waals surface area contributed by atoms with Crippen LogP contribution in [0.25, 0.3) is 0 Å². The lowest BCUT2D eigenvalue weighted by Crippen LogP contribution is -2.40. The molecule has 1 aromatic carbocycles. The molecule has 0 aromatic heterocycles. The Morgan fingerprint density at radius 1 is 1.30 bits per heavy atom. The smallest absolute Gasteiger partial charge is 0.156 e. The quantitative estimate of drug-likeness (QED) is 0.758. The summed E-state index contributed by atoms with van der Waals surface area (Å²) in [6, 6.07) is 6.72. The molecule has 114 valence electrons. The van der Waals surface area contributed by atoms with Crippen LogP contribution in [-0.2, 0) is 20.3 Å². The summed E-state index contributed by atoms with van der Waals surface area (Å²) in [7, 11) is -1.61. The van der Waals surface area contributed by atoms with Crippen molar-refractivity contribution in [3.63, 3.8) is 0 Å². The van der Waals surface area contributed by atoms with E-state index in [1.807, 2.05) is 6.92 Å². The molecule has 0 aliphatic heterocycles. The number of ether oxygens (including phenoxy) is 1. The SMILES string of the molecule is CCCNC(COC)CS(=O)(=O)Cc1ccc(Cl)cc1. The molecule has 0 saturated carbocycles. The van der Waals surface area contributed by atoms with Crippen molar-refractivity contribution in [3.8, 4) is 0 Å². The fraction of sp³-hybridized carbons (Fsp3) is 0.571. The first-order valence-electron chi connectivity index (χ1n) is 6.64. The van der Waals surface area contributed by atoms with Crippen LogP contribution in [0.1, 0.15) is 18.9 Å². The molecule has 0 amide bonds. The van der Waals surface area contributed by atoms with Crippen LogP contribution in [0.2, 0.25) is 5.02 Å². The van der Waals surface area contributed by atoms with Gasteiger partial charge in [-0.05, 0) is 30.7 Å². The van der Waals surface area contributed by atoms with Gasteiger partial charge >= 0.3 is 0 Å². The second-order valence-electron chi connectivity index (χ2n) is 4.79. The predicted octanol–water partition coefficient (Wildman–Crippen LogP) is 2.27. The van der Waals surface area contributed by atoms with E-state index in [-0.39, 0.29) is 17.5 Å². The first kappa shape index (κ1) is 17.4. The molecule has 0 spiro atoms. The highest BCUT2D eigenvalue weighted by molar-refractivity contribution is 7.90. The van der Waals surface area contributed by atoms with Gasteiger partial charge < -0.3 is 10.1 Å². The minimum atomic E-state index is -3.18. The fourth-order valence-corrected chi connectivity index (χ4v) is 3.69. The summed E-state index contributed by atoms with van der Waals surface area (Å²) in [6.45, 7) is 3.21. The Morgan fingerprint density at radius 2 is 1.95 bits per heavy atom. The predicted molar refractivity (Wildman–Crippen MR) is 82.9 cm³/mol. The second-order valence-corrected chi connectivity index (χ2v) is 7.33. The normalized spacial score (nSPS) is 13.3. The van der Waals surface area contributed by atoms with E-state index in [2.05, 4.69) is 5.32 Å². The number of halogens is 1. The van der Waals surface area contributed by atoms with Crippen LogP contribution in [-0.4, -0.2) is 40.5 Å². The van der Waals surface area contributed by atoms with Gasteiger partial charge in [0.25, 0.3) is 0 Å². The van der Waals surface area contributed by atoms with E-state index in [0.717, 1.165) is 18.5 Å². The van der Waals surface area contributed by atoms with Crippen molar-refractivity contribution in [1.82, 2.24) is 5.32 Å². The Morgan fingerprint density at radius 3 is 2.50 bits per heavy atom. The Bertz CT molecular complexity index is 488. The van der Waals surface area contributed by atoms with Crippen LogP contribution >= 0.6 is 11.6 Å². The van der Waals surface area contributed by atoms with Crippen LogP contribution in [0.5, 0.6) is 0 Å². The lowest BCUT2D eigenvalue weighted by atomic mass is 10.2. The van der Waals surface area contributed by atoms with Gasteiger partial charge in [-0.2, -0.15) is 0 Å². The second kappa shape index (κ2) is 8.62. The minimum absolute atomic E-state index is 0.0260. The van der Waals surface area contributed by atoms with Crippen molar-refractivity contribution in [2.75, 3.05) is 26.0 Å². The number of hydrogen-bond donors (Lipinski definition) is 1. The summed E-state index contributed by atoms with van der Waals surface area (Å²) in [4.78, 5) is 0. The van der Waals surface area contributed by atoms with Gasteiger partial charge in [-0.3, -0.25) is 0 Å². The monoisotopic (exact) mass is 319 g/mol. The number of sulfone groups is 1. The number of benzene rings is 1. The number of methoxy groups -OCH3 is 1. The average Bonchev–Trinajstić information content (AvgIpc) is 2.38. The topological polar surface area (TPSA) is 55.4 Å². The molecule has 0 saturated heterocycles. The Kier molecular flexibility index (Phi) is 7.51. The summed E-state index contributed by atoms with van der Waals surface area (Å²) in [5, 5.41) is 3.80. The van der Waals surface area contributed by atoms with Crippen LogP contribution in [0.3, 0.4) is 0 Å². The lowest BCUT2D eigenvalue weighted by molar-refractivity contribution is 0.173. The highest BCUT2D eigenvalue weighted by atomic mass is 35.5. The summed E-state index contributed by atoms with van der Waals surface area (Å²) in [6.07, 6.45) is 0.956. The lowest BCUT2D eigenvalue weighted by Gasteiger charge is -2.17. The number of hydrogen-bond acceptors (Lipinski definition) is 4. The molecule has 1 atom stereocenters. The van der Waals surface area contributed by atoms with Gasteiger partial charge in [0.1, 0.15) is 0 Å².